The standard InChI is InChI=1S/C23H25NO5/c1-5-24-13-19(23(26)28-6-2)21(25)18-12-7-15(3)22(20(18)24)29-14-16-8-10-17(27-4)11-9-16/h7-13H,5-6,14H2,1-4H3. The first-order chi connectivity index (χ1) is 14.0. The predicted molar refractivity (Wildman–Crippen MR) is 112 cm³/mol. The molecular weight excluding hydrogens is 370 g/mol. The number of hydrogen-bond acceptors (Lipinski definition) is 5. The number of carbonyl (C=O) groups is 1. The minimum Gasteiger partial charge on any atom is -0.497 e. The van der Waals surface area contributed by atoms with Crippen molar-refractivity contribution in [3.63, 3.8) is 0 Å². The van der Waals surface area contributed by atoms with Gasteiger partial charge in [-0.3, -0.25) is 4.79 Å². The zero-order valence-corrected chi connectivity index (χ0v) is 17.2. The van der Waals surface area contributed by atoms with Gasteiger partial charge in [-0.05, 0) is 50.1 Å². The first-order valence-electron chi connectivity index (χ1n) is 9.59. The van der Waals surface area contributed by atoms with Gasteiger partial charge in [0.25, 0.3) is 0 Å². The predicted octanol–water partition coefficient (Wildman–Crippen LogP) is 4.09. The first-order valence-corrected chi connectivity index (χ1v) is 9.59. The normalized spacial score (nSPS) is 10.8. The van der Waals surface area contributed by atoms with Crippen molar-refractivity contribution in [3.8, 4) is 11.5 Å². The smallest absolute Gasteiger partial charge is 0.343 e. The van der Waals surface area contributed by atoms with Crippen LogP contribution in [0, 0.1) is 6.92 Å². The van der Waals surface area contributed by atoms with E-state index in [1.54, 1.807) is 26.3 Å². The third-order valence-corrected chi connectivity index (χ3v) is 4.77. The fourth-order valence-corrected chi connectivity index (χ4v) is 3.23. The highest BCUT2D eigenvalue weighted by Crippen LogP contribution is 2.29. The Morgan fingerprint density at radius 2 is 1.79 bits per heavy atom. The number of rotatable bonds is 7. The molecule has 0 bridgehead atoms. The molecule has 0 aliphatic carbocycles. The van der Waals surface area contributed by atoms with E-state index in [9.17, 15) is 9.59 Å². The molecule has 3 rings (SSSR count). The Labute approximate surface area is 169 Å². The second-order valence-electron chi connectivity index (χ2n) is 6.62. The van der Waals surface area contributed by atoms with Crippen LogP contribution in [-0.2, 0) is 17.9 Å². The molecule has 0 fully saturated rings. The number of aryl methyl sites for hydroxylation is 2. The lowest BCUT2D eigenvalue weighted by Crippen LogP contribution is -2.21. The fourth-order valence-electron chi connectivity index (χ4n) is 3.23. The topological polar surface area (TPSA) is 66.8 Å². The van der Waals surface area contributed by atoms with Crippen molar-refractivity contribution in [1.29, 1.82) is 0 Å². The molecule has 0 radical (unpaired) electrons. The summed E-state index contributed by atoms with van der Waals surface area (Å²) < 4.78 is 18.2. The summed E-state index contributed by atoms with van der Waals surface area (Å²) in [5, 5.41) is 0.438. The van der Waals surface area contributed by atoms with Crippen LogP contribution in [0.2, 0.25) is 0 Å². The Morgan fingerprint density at radius 3 is 2.41 bits per heavy atom. The van der Waals surface area contributed by atoms with Crippen LogP contribution >= 0.6 is 0 Å². The molecule has 0 N–H and O–H groups in total. The second-order valence-corrected chi connectivity index (χ2v) is 6.62. The van der Waals surface area contributed by atoms with Crippen LogP contribution in [0.1, 0.15) is 35.3 Å². The average Bonchev–Trinajstić information content (AvgIpc) is 2.73. The third kappa shape index (κ3) is 4.11. The van der Waals surface area contributed by atoms with E-state index >= 15 is 0 Å². The number of hydrogen-bond donors (Lipinski definition) is 0. The third-order valence-electron chi connectivity index (χ3n) is 4.77. The molecule has 0 aliphatic heterocycles. The lowest BCUT2D eigenvalue weighted by Gasteiger charge is -2.17. The van der Waals surface area contributed by atoms with Gasteiger partial charge in [0, 0.05) is 12.7 Å². The minimum absolute atomic E-state index is 0.0335. The van der Waals surface area contributed by atoms with Gasteiger partial charge in [0.1, 0.15) is 23.7 Å². The zero-order valence-electron chi connectivity index (χ0n) is 17.2. The lowest BCUT2D eigenvalue weighted by molar-refractivity contribution is 0.0524. The molecule has 0 aliphatic rings. The molecule has 0 unspecified atom stereocenters. The maximum atomic E-state index is 12.9. The Morgan fingerprint density at radius 1 is 1.07 bits per heavy atom. The molecule has 0 saturated carbocycles. The molecule has 6 heteroatoms. The van der Waals surface area contributed by atoms with Crippen LogP contribution in [0.3, 0.4) is 0 Å². The van der Waals surface area contributed by atoms with Crippen LogP contribution < -0.4 is 14.9 Å². The van der Waals surface area contributed by atoms with Crippen molar-refractivity contribution in [3.05, 3.63) is 69.5 Å². The van der Waals surface area contributed by atoms with E-state index in [4.69, 9.17) is 14.2 Å². The Kier molecular flexibility index (Phi) is 6.22. The van der Waals surface area contributed by atoms with Gasteiger partial charge < -0.3 is 18.8 Å². The summed E-state index contributed by atoms with van der Waals surface area (Å²) in [5.74, 6) is 0.803. The van der Waals surface area contributed by atoms with Gasteiger partial charge >= 0.3 is 5.97 Å². The summed E-state index contributed by atoms with van der Waals surface area (Å²) in [6.45, 7) is 6.74. The van der Waals surface area contributed by atoms with E-state index in [0.29, 0.717) is 29.8 Å². The van der Waals surface area contributed by atoms with Gasteiger partial charge in [-0.25, -0.2) is 4.79 Å². The molecule has 3 aromatic rings. The van der Waals surface area contributed by atoms with Crippen LogP contribution in [0.15, 0.2) is 47.4 Å². The molecule has 152 valence electrons. The van der Waals surface area contributed by atoms with Crippen molar-refractivity contribution in [2.24, 2.45) is 0 Å². The quantitative estimate of drug-likeness (QED) is 0.564. The monoisotopic (exact) mass is 395 g/mol. The molecule has 1 aromatic heterocycles. The molecule has 1 heterocycles. The van der Waals surface area contributed by atoms with Gasteiger partial charge in [0.2, 0.25) is 5.43 Å². The van der Waals surface area contributed by atoms with Gasteiger partial charge in [-0.2, -0.15) is 0 Å². The number of carbonyl (C=O) groups excluding carboxylic acids is 1. The first kappa shape index (κ1) is 20.5. The summed E-state index contributed by atoms with van der Waals surface area (Å²) >= 11 is 0. The molecule has 0 amide bonds. The highest BCUT2D eigenvalue weighted by molar-refractivity contribution is 5.95. The van der Waals surface area contributed by atoms with Crippen LogP contribution in [0.4, 0.5) is 0 Å². The maximum Gasteiger partial charge on any atom is 0.343 e. The minimum atomic E-state index is -0.608. The number of esters is 1. The molecule has 0 saturated heterocycles. The van der Waals surface area contributed by atoms with Gasteiger partial charge in [-0.15, -0.1) is 0 Å². The van der Waals surface area contributed by atoms with Crippen molar-refractivity contribution >= 4 is 16.9 Å². The Hall–Kier alpha value is -3.28. The highest BCUT2D eigenvalue weighted by Gasteiger charge is 2.19. The second kappa shape index (κ2) is 8.82. The van der Waals surface area contributed by atoms with Crippen molar-refractivity contribution < 1.29 is 19.0 Å². The summed E-state index contributed by atoms with van der Waals surface area (Å²) in [6, 6.07) is 11.2. The van der Waals surface area contributed by atoms with E-state index in [1.807, 2.05) is 48.7 Å². The van der Waals surface area contributed by atoms with E-state index in [0.717, 1.165) is 16.9 Å². The van der Waals surface area contributed by atoms with Crippen LogP contribution in [0.5, 0.6) is 11.5 Å². The number of fused-ring (bicyclic) bond motifs is 1. The number of benzene rings is 2. The SMILES string of the molecule is CCOC(=O)c1cn(CC)c2c(OCc3ccc(OC)cc3)c(C)ccc2c1=O. The van der Waals surface area contributed by atoms with E-state index in [2.05, 4.69) is 0 Å². The number of nitrogens with zero attached hydrogens (tertiary/aromatic N) is 1. The van der Waals surface area contributed by atoms with Gasteiger partial charge in [0.15, 0.2) is 0 Å². The van der Waals surface area contributed by atoms with Crippen LogP contribution in [-0.4, -0.2) is 24.3 Å². The Bertz CT molecular complexity index is 1080. The summed E-state index contributed by atoms with van der Waals surface area (Å²) in [6.07, 6.45) is 1.56. The molecule has 29 heavy (non-hydrogen) atoms. The average molecular weight is 395 g/mol. The van der Waals surface area contributed by atoms with Crippen molar-refractivity contribution in [2.75, 3.05) is 13.7 Å². The highest BCUT2D eigenvalue weighted by atomic mass is 16.5. The number of ether oxygens (including phenoxy) is 3. The summed E-state index contributed by atoms with van der Waals surface area (Å²) in [5.41, 5.74) is 2.26. The Balaban J connectivity index is 2.06. The van der Waals surface area contributed by atoms with Gasteiger partial charge in [0.05, 0.1) is 24.6 Å². The summed E-state index contributed by atoms with van der Waals surface area (Å²) in [7, 11) is 1.62. The number of pyridine rings is 1. The molecule has 6 nitrogen and oxygen atoms in total. The van der Waals surface area contributed by atoms with Crippen molar-refractivity contribution in [2.45, 2.75) is 33.9 Å². The molecule has 0 spiro atoms. The molecular formula is C23H25NO5. The summed E-state index contributed by atoms with van der Waals surface area (Å²) in [4.78, 5) is 25.2. The largest absolute Gasteiger partial charge is 0.497 e. The lowest BCUT2D eigenvalue weighted by atomic mass is 10.1. The van der Waals surface area contributed by atoms with Crippen molar-refractivity contribution in [1.82, 2.24) is 4.57 Å². The van der Waals surface area contributed by atoms with Gasteiger partial charge in [-0.1, -0.05) is 18.2 Å². The number of aromatic nitrogens is 1. The number of methoxy groups -OCH3 is 1. The van der Waals surface area contributed by atoms with E-state index in [1.165, 1.54) is 0 Å². The van der Waals surface area contributed by atoms with E-state index < -0.39 is 5.97 Å². The zero-order chi connectivity index (χ0) is 21.0. The maximum absolute atomic E-state index is 12.9. The molecule has 0 atom stereocenters. The van der Waals surface area contributed by atoms with Crippen LogP contribution in [0.25, 0.3) is 10.9 Å². The fraction of sp³-hybridized carbons (Fsp3) is 0.304. The molecule has 2 aromatic carbocycles. The van der Waals surface area contributed by atoms with E-state index in [-0.39, 0.29) is 17.6 Å².